The van der Waals surface area contributed by atoms with Crippen molar-refractivity contribution < 1.29 is 27.5 Å². The van der Waals surface area contributed by atoms with Gasteiger partial charge in [0.1, 0.15) is 11.5 Å². The van der Waals surface area contributed by atoms with E-state index >= 15 is 0 Å². The van der Waals surface area contributed by atoms with Crippen molar-refractivity contribution in [3.63, 3.8) is 0 Å². The van der Waals surface area contributed by atoms with Crippen molar-refractivity contribution in [2.75, 3.05) is 44.1 Å². The van der Waals surface area contributed by atoms with E-state index in [1.54, 1.807) is 64.5 Å². The molecular formula is C26H28N4O6S. The van der Waals surface area contributed by atoms with Gasteiger partial charge in [0, 0.05) is 55.6 Å². The molecule has 2 fully saturated rings. The first-order chi connectivity index (χ1) is 17.9. The van der Waals surface area contributed by atoms with Crippen molar-refractivity contribution in [3.05, 3.63) is 66.4 Å². The molecule has 194 valence electrons. The molecule has 1 aromatic heterocycles. The highest BCUT2D eigenvalue weighted by Gasteiger charge is 2.27. The van der Waals surface area contributed by atoms with Crippen LogP contribution in [0.2, 0.25) is 0 Å². The molecule has 2 amide bonds. The molecule has 3 aromatic rings. The monoisotopic (exact) mass is 524 g/mol. The number of rotatable bonds is 6. The van der Waals surface area contributed by atoms with Crippen LogP contribution in [0.15, 0.2) is 65.7 Å². The van der Waals surface area contributed by atoms with Crippen LogP contribution in [-0.2, 0) is 19.5 Å². The molecule has 2 saturated heterocycles. The third-order valence-electron chi connectivity index (χ3n) is 6.51. The van der Waals surface area contributed by atoms with E-state index in [0.29, 0.717) is 49.6 Å². The molecule has 2 aliphatic rings. The molecule has 0 radical (unpaired) electrons. The summed E-state index contributed by atoms with van der Waals surface area (Å²) in [6.07, 6.45) is 3.02. The Bertz CT molecular complexity index is 1380. The number of benzene rings is 2. The zero-order valence-corrected chi connectivity index (χ0v) is 21.0. The van der Waals surface area contributed by atoms with Crippen LogP contribution >= 0.6 is 0 Å². The number of carbonyl (C=O) groups is 2. The quantitative estimate of drug-likeness (QED) is 0.526. The van der Waals surface area contributed by atoms with Crippen molar-refractivity contribution in [2.24, 2.45) is 0 Å². The first kappa shape index (κ1) is 25.0. The molecule has 3 heterocycles. The minimum Gasteiger partial charge on any atom is -0.447 e. The summed E-state index contributed by atoms with van der Waals surface area (Å²) < 4.78 is 39.4. The predicted molar refractivity (Wildman–Crippen MR) is 137 cm³/mol. The van der Waals surface area contributed by atoms with Gasteiger partial charge in [0.25, 0.3) is 15.9 Å². The number of ether oxygens (including phenoxy) is 2. The number of pyridine rings is 1. The van der Waals surface area contributed by atoms with Gasteiger partial charge in [-0.1, -0.05) is 18.2 Å². The molecule has 10 nitrogen and oxygen atoms in total. The SMILES string of the molecule is O=C(OCC1CCCO1)N1CCN(C(=O)c2ccc(NS(=O)(=O)c3cccc4cccnc34)cc2)CC1. The molecule has 11 heteroatoms. The Balaban J connectivity index is 1.17. The fourth-order valence-electron chi connectivity index (χ4n) is 4.49. The number of amides is 2. The zero-order valence-electron chi connectivity index (χ0n) is 20.2. The number of aromatic nitrogens is 1. The van der Waals surface area contributed by atoms with Crippen LogP contribution in [0.3, 0.4) is 0 Å². The van der Waals surface area contributed by atoms with E-state index in [2.05, 4.69) is 9.71 Å². The lowest BCUT2D eigenvalue weighted by atomic mass is 10.1. The van der Waals surface area contributed by atoms with Gasteiger partial charge < -0.3 is 19.3 Å². The molecular weight excluding hydrogens is 496 g/mol. The summed E-state index contributed by atoms with van der Waals surface area (Å²) in [7, 11) is -3.88. The maximum absolute atomic E-state index is 13.0. The summed E-state index contributed by atoms with van der Waals surface area (Å²) in [5, 5.41) is 0.725. The molecule has 1 unspecified atom stereocenters. The highest BCUT2D eigenvalue weighted by molar-refractivity contribution is 7.93. The first-order valence-corrected chi connectivity index (χ1v) is 13.7. The molecule has 37 heavy (non-hydrogen) atoms. The van der Waals surface area contributed by atoms with Crippen molar-refractivity contribution in [3.8, 4) is 0 Å². The predicted octanol–water partition coefficient (Wildman–Crippen LogP) is 3.11. The maximum atomic E-state index is 13.0. The summed E-state index contributed by atoms with van der Waals surface area (Å²) in [6.45, 7) is 2.50. The van der Waals surface area contributed by atoms with Gasteiger partial charge in [-0.25, -0.2) is 13.2 Å². The van der Waals surface area contributed by atoms with Crippen molar-refractivity contribution in [2.45, 2.75) is 23.8 Å². The average Bonchev–Trinajstić information content (AvgIpc) is 3.45. The molecule has 2 aromatic carbocycles. The Hall–Kier alpha value is -3.70. The summed E-state index contributed by atoms with van der Waals surface area (Å²) >= 11 is 0. The second kappa shape index (κ2) is 10.7. The van der Waals surface area contributed by atoms with E-state index in [1.807, 2.05) is 0 Å². The Labute approximate surface area is 215 Å². The van der Waals surface area contributed by atoms with Gasteiger partial charge in [0.05, 0.1) is 11.6 Å². The Morgan fingerprint density at radius 3 is 2.46 bits per heavy atom. The zero-order chi connectivity index (χ0) is 25.8. The summed E-state index contributed by atoms with van der Waals surface area (Å²) in [5.74, 6) is -0.181. The molecule has 0 spiro atoms. The van der Waals surface area contributed by atoms with Crippen LogP contribution in [0, 0.1) is 0 Å². The average molecular weight is 525 g/mol. The number of hydrogen-bond donors (Lipinski definition) is 1. The van der Waals surface area contributed by atoms with E-state index in [4.69, 9.17) is 9.47 Å². The smallest absolute Gasteiger partial charge is 0.409 e. The highest BCUT2D eigenvalue weighted by Crippen LogP contribution is 2.24. The fraction of sp³-hybridized carbons (Fsp3) is 0.346. The molecule has 0 bridgehead atoms. The number of nitrogens with zero attached hydrogens (tertiary/aromatic N) is 3. The van der Waals surface area contributed by atoms with Gasteiger partial charge in [-0.05, 0) is 49.2 Å². The van der Waals surface area contributed by atoms with E-state index in [-0.39, 0.29) is 29.6 Å². The largest absolute Gasteiger partial charge is 0.447 e. The Morgan fingerprint density at radius 2 is 1.73 bits per heavy atom. The number of sulfonamides is 1. The standard InChI is InChI=1S/C26H28N4O6S/c31-25(29-13-15-30(16-14-29)26(32)36-18-22-6-3-17-35-22)20-8-10-21(11-9-20)28-37(33,34)23-7-1-4-19-5-2-12-27-24(19)23/h1-2,4-5,7-12,22,28H,3,6,13-18H2. The Kier molecular flexibility index (Phi) is 7.24. The number of hydrogen-bond acceptors (Lipinski definition) is 7. The van der Waals surface area contributed by atoms with Gasteiger partial charge in [0.15, 0.2) is 0 Å². The van der Waals surface area contributed by atoms with Crippen molar-refractivity contribution in [1.82, 2.24) is 14.8 Å². The van der Waals surface area contributed by atoms with Crippen molar-refractivity contribution >= 4 is 38.6 Å². The van der Waals surface area contributed by atoms with Crippen LogP contribution in [0.25, 0.3) is 10.9 Å². The molecule has 0 saturated carbocycles. The van der Waals surface area contributed by atoms with E-state index < -0.39 is 10.0 Å². The lowest BCUT2D eigenvalue weighted by Crippen LogP contribution is -2.51. The van der Waals surface area contributed by atoms with Crippen LogP contribution in [0.5, 0.6) is 0 Å². The third kappa shape index (κ3) is 5.67. The number of piperazine rings is 1. The minimum absolute atomic E-state index is 0.0250. The van der Waals surface area contributed by atoms with E-state index in [1.165, 1.54) is 6.07 Å². The van der Waals surface area contributed by atoms with Crippen molar-refractivity contribution in [1.29, 1.82) is 0 Å². The maximum Gasteiger partial charge on any atom is 0.409 e. The highest BCUT2D eigenvalue weighted by atomic mass is 32.2. The van der Waals surface area contributed by atoms with Gasteiger partial charge >= 0.3 is 6.09 Å². The second-order valence-corrected chi connectivity index (χ2v) is 10.7. The Morgan fingerprint density at radius 1 is 1.00 bits per heavy atom. The topological polar surface area (TPSA) is 118 Å². The summed E-state index contributed by atoms with van der Waals surface area (Å²) in [6, 6.07) is 14.8. The van der Waals surface area contributed by atoms with Gasteiger partial charge in [0.2, 0.25) is 0 Å². The number of para-hydroxylation sites is 1. The number of carbonyl (C=O) groups excluding carboxylic acids is 2. The number of nitrogens with one attached hydrogen (secondary N) is 1. The van der Waals surface area contributed by atoms with Gasteiger partial charge in [-0.15, -0.1) is 0 Å². The lowest BCUT2D eigenvalue weighted by Gasteiger charge is -2.34. The van der Waals surface area contributed by atoms with Gasteiger partial charge in [-0.3, -0.25) is 14.5 Å². The fourth-order valence-corrected chi connectivity index (χ4v) is 5.73. The molecule has 1 atom stereocenters. The molecule has 0 aliphatic carbocycles. The summed E-state index contributed by atoms with van der Waals surface area (Å²) in [4.78, 5) is 32.8. The molecule has 5 rings (SSSR count). The normalized spacial score (nSPS) is 18.1. The van der Waals surface area contributed by atoms with E-state index in [9.17, 15) is 18.0 Å². The molecule has 2 aliphatic heterocycles. The first-order valence-electron chi connectivity index (χ1n) is 12.2. The van der Waals surface area contributed by atoms with Crippen LogP contribution in [0.4, 0.5) is 10.5 Å². The van der Waals surface area contributed by atoms with Crippen LogP contribution in [-0.4, -0.2) is 80.7 Å². The number of anilines is 1. The summed E-state index contributed by atoms with van der Waals surface area (Å²) in [5.41, 5.74) is 1.16. The minimum atomic E-state index is -3.88. The van der Waals surface area contributed by atoms with E-state index in [0.717, 1.165) is 18.2 Å². The number of fused-ring (bicyclic) bond motifs is 1. The third-order valence-corrected chi connectivity index (χ3v) is 7.92. The van der Waals surface area contributed by atoms with Crippen LogP contribution in [0.1, 0.15) is 23.2 Å². The molecule has 1 N–H and O–H groups in total. The van der Waals surface area contributed by atoms with Gasteiger partial charge in [-0.2, -0.15) is 0 Å². The van der Waals surface area contributed by atoms with Crippen LogP contribution < -0.4 is 4.72 Å². The second-order valence-electron chi connectivity index (χ2n) is 9.01. The lowest BCUT2D eigenvalue weighted by molar-refractivity contribution is 0.0225.